The molecule has 198 valence electrons. The molecular formula is C33H31NO5. The maximum Gasteiger partial charge on any atom is 0.335 e. The maximum atomic E-state index is 12.8. The first-order chi connectivity index (χ1) is 18.5. The molecule has 5 rings (SSSR count). The highest BCUT2D eigenvalue weighted by Gasteiger charge is 2.43. The highest BCUT2D eigenvalue weighted by Crippen LogP contribution is 2.46. The zero-order valence-electron chi connectivity index (χ0n) is 22.1. The number of rotatable bonds is 6. The van der Waals surface area contributed by atoms with Crippen LogP contribution in [0.2, 0.25) is 0 Å². The summed E-state index contributed by atoms with van der Waals surface area (Å²) in [5, 5.41) is 30.2. The molecule has 2 unspecified atom stereocenters. The Bertz CT molecular complexity index is 1530. The third kappa shape index (κ3) is 5.10. The molecule has 0 spiro atoms. The molecule has 0 fully saturated rings. The van der Waals surface area contributed by atoms with E-state index in [-0.39, 0.29) is 29.2 Å². The van der Waals surface area contributed by atoms with Crippen molar-refractivity contribution in [1.29, 1.82) is 0 Å². The van der Waals surface area contributed by atoms with Crippen LogP contribution in [-0.2, 0) is 16.8 Å². The van der Waals surface area contributed by atoms with E-state index in [0.717, 1.165) is 33.5 Å². The van der Waals surface area contributed by atoms with Crippen molar-refractivity contribution in [1.82, 2.24) is 0 Å². The molecule has 0 bridgehead atoms. The Morgan fingerprint density at radius 2 is 1.49 bits per heavy atom. The van der Waals surface area contributed by atoms with Gasteiger partial charge in [-0.05, 0) is 75.2 Å². The minimum absolute atomic E-state index is 0.00862. The second kappa shape index (κ2) is 9.95. The lowest BCUT2D eigenvalue weighted by atomic mass is 9.83. The number of aliphatic carboxylic acids is 1. The van der Waals surface area contributed by atoms with Crippen LogP contribution in [0.3, 0.4) is 0 Å². The number of carboxylic acid groups (broad SMARTS) is 2. The van der Waals surface area contributed by atoms with E-state index in [0.29, 0.717) is 0 Å². The van der Waals surface area contributed by atoms with E-state index >= 15 is 0 Å². The summed E-state index contributed by atoms with van der Waals surface area (Å²) in [5.41, 5.74) is 6.33. The number of nitrogens with zero attached hydrogens (tertiary/aromatic N) is 1. The molecule has 6 nitrogen and oxygen atoms in total. The molecule has 4 aromatic rings. The molecule has 2 atom stereocenters. The average molecular weight is 522 g/mol. The van der Waals surface area contributed by atoms with E-state index in [4.69, 9.17) is 0 Å². The molecule has 3 N–H and O–H groups in total. The van der Waals surface area contributed by atoms with Gasteiger partial charge in [0, 0.05) is 18.2 Å². The molecule has 0 saturated heterocycles. The summed E-state index contributed by atoms with van der Waals surface area (Å²) in [5.74, 6) is -2.22. The van der Waals surface area contributed by atoms with Gasteiger partial charge in [0.25, 0.3) is 0 Å². The lowest BCUT2D eigenvalue weighted by Crippen LogP contribution is -2.40. The summed E-state index contributed by atoms with van der Waals surface area (Å²) < 4.78 is 0. The number of carboxylic acids is 2. The van der Waals surface area contributed by atoms with Gasteiger partial charge in [-0.2, -0.15) is 0 Å². The van der Waals surface area contributed by atoms with Crippen LogP contribution in [0.4, 0.5) is 5.69 Å². The number of hydrogen-bond acceptors (Lipinski definition) is 4. The van der Waals surface area contributed by atoms with E-state index in [1.54, 1.807) is 24.3 Å². The molecule has 1 aliphatic heterocycles. The van der Waals surface area contributed by atoms with E-state index in [1.165, 1.54) is 17.7 Å². The largest absolute Gasteiger partial charge is 0.508 e. The Balaban J connectivity index is 1.53. The molecule has 0 aliphatic carbocycles. The first-order valence-electron chi connectivity index (χ1n) is 12.9. The van der Waals surface area contributed by atoms with Gasteiger partial charge in [-0.15, -0.1) is 0 Å². The molecule has 0 amide bonds. The number of aromatic hydroxyl groups is 1. The van der Waals surface area contributed by atoms with E-state index in [2.05, 4.69) is 32.9 Å². The van der Waals surface area contributed by atoms with E-state index in [9.17, 15) is 24.9 Å². The van der Waals surface area contributed by atoms with Crippen molar-refractivity contribution in [2.75, 3.05) is 4.90 Å². The van der Waals surface area contributed by atoms with Crippen molar-refractivity contribution in [3.63, 3.8) is 0 Å². The molecule has 1 aliphatic rings. The van der Waals surface area contributed by atoms with Gasteiger partial charge >= 0.3 is 11.9 Å². The predicted octanol–water partition coefficient (Wildman–Crippen LogP) is 6.66. The molecule has 1 heterocycles. The first-order valence-corrected chi connectivity index (χ1v) is 12.9. The number of fused-ring (bicyclic) bond motifs is 1. The van der Waals surface area contributed by atoms with Crippen LogP contribution in [0.5, 0.6) is 5.75 Å². The lowest BCUT2D eigenvalue weighted by molar-refractivity contribution is -0.138. The molecule has 39 heavy (non-hydrogen) atoms. The predicted molar refractivity (Wildman–Crippen MR) is 152 cm³/mol. The normalized spacial score (nSPS) is 16.6. The van der Waals surface area contributed by atoms with Gasteiger partial charge in [0.1, 0.15) is 11.8 Å². The molecule has 4 aromatic carbocycles. The second-order valence-electron chi connectivity index (χ2n) is 11.1. The van der Waals surface area contributed by atoms with E-state index < -0.39 is 18.0 Å². The summed E-state index contributed by atoms with van der Waals surface area (Å²) in [4.78, 5) is 25.9. The SMILES string of the molecule is CC(C)(C)c1ccc(C2c3ccccc3N(Cc3cc(O)cc(-c4ccc(C(=O)O)cc4)c3)C2C(=O)O)cc1. The van der Waals surface area contributed by atoms with Gasteiger partial charge < -0.3 is 20.2 Å². The summed E-state index contributed by atoms with van der Waals surface area (Å²) in [6, 6.07) is 26.8. The molecule has 6 heteroatoms. The summed E-state index contributed by atoms with van der Waals surface area (Å²) >= 11 is 0. The van der Waals surface area contributed by atoms with Crippen molar-refractivity contribution in [2.24, 2.45) is 0 Å². The van der Waals surface area contributed by atoms with Gasteiger partial charge in [0.2, 0.25) is 0 Å². The number of aromatic carboxylic acids is 1. The van der Waals surface area contributed by atoms with Gasteiger partial charge in [-0.1, -0.05) is 75.4 Å². The Morgan fingerprint density at radius 1 is 0.821 bits per heavy atom. The quantitative estimate of drug-likeness (QED) is 0.262. The fraction of sp³-hybridized carbons (Fsp3) is 0.212. The molecule has 0 radical (unpaired) electrons. The van der Waals surface area contributed by atoms with Crippen molar-refractivity contribution in [3.8, 4) is 16.9 Å². The Kier molecular flexibility index (Phi) is 6.64. The third-order valence-corrected chi connectivity index (χ3v) is 7.42. The van der Waals surface area contributed by atoms with Crippen molar-refractivity contribution < 1.29 is 24.9 Å². The lowest BCUT2D eigenvalue weighted by Gasteiger charge is -2.28. The van der Waals surface area contributed by atoms with Gasteiger partial charge in [-0.3, -0.25) is 0 Å². The standard InChI is InChI=1S/C33H31NO5/c1-33(2,3)25-14-12-22(13-15-25)29-27-6-4-5-7-28(27)34(30(29)32(38)39)19-20-16-24(18-26(35)17-20)21-8-10-23(11-9-21)31(36)37/h4-18,29-30,35H,19H2,1-3H3,(H,36,37)(H,38,39). The van der Waals surface area contributed by atoms with Crippen LogP contribution in [0.1, 0.15) is 59.3 Å². The zero-order valence-corrected chi connectivity index (χ0v) is 22.1. The summed E-state index contributed by atoms with van der Waals surface area (Å²) in [6.45, 7) is 6.73. The fourth-order valence-electron chi connectivity index (χ4n) is 5.46. The average Bonchev–Trinajstić information content (AvgIpc) is 3.22. The number of phenolic OH excluding ortho intramolecular Hbond substituents is 1. The zero-order chi connectivity index (χ0) is 27.9. The topological polar surface area (TPSA) is 98.1 Å². The Hall–Kier alpha value is -4.58. The second-order valence-corrected chi connectivity index (χ2v) is 11.1. The van der Waals surface area contributed by atoms with Crippen molar-refractivity contribution in [3.05, 3.63) is 119 Å². The maximum absolute atomic E-state index is 12.8. The van der Waals surface area contributed by atoms with Crippen LogP contribution in [0, 0.1) is 0 Å². The minimum atomic E-state index is -1.01. The third-order valence-electron chi connectivity index (χ3n) is 7.42. The number of anilines is 1. The van der Waals surface area contributed by atoms with Crippen molar-refractivity contribution in [2.45, 2.75) is 44.7 Å². The summed E-state index contributed by atoms with van der Waals surface area (Å²) in [6.07, 6.45) is 0. The van der Waals surface area contributed by atoms with Crippen LogP contribution in [-0.4, -0.2) is 33.3 Å². The minimum Gasteiger partial charge on any atom is -0.508 e. The number of phenols is 1. The Labute approximate surface area is 227 Å². The van der Waals surface area contributed by atoms with Crippen LogP contribution in [0.15, 0.2) is 91.0 Å². The number of para-hydroxylation sites is 1. The highest BCUT2D eigenvalue weighted by molar-refractivity contribution is 5.88. The van der Waals surface area contributed by atoms with Gasteiger partial charge in [0.05, 0.1) is 5.56 Å². The first kappa shape index (κ1) is 26.0. The summed E-state index contributed by atoms with van der Waals surface area (Å²) in [7, 11) is 0. The number of carbonyl (C=O) groups is 2. The number of hydrogen-bond donors (Lipinski definition) is 3. The van der Waals surface area contributed by atoms with Crippen LogP contribution in [0.25, 0.3) is 11.1 Å². The van der Waals surface area contributed by atoms with E-state index in [1.807, 2.05) is 47.4 Å². The fourth-order valence-corrected chi connectivity index (χ4v) is 5.46. The molecular weight excluding hydrogens is 490 g/mol. The van der Waals surface area contributed by atoms with Crippen LogP contribution >= 0.6 is 0 Å². The number of benzene rings is 4. The van der Waals surface area contributed by atoms with Crippen LogP contribution < -0.4 is 4.90 Å². The Morgan fingerprint density at radius 3 is 2.10 bits per heavy atom. The van der Waals surface area contributed by atoms with Gasteiger partial charge in [-0.25, -0.2) is 9.59 Å². The molecule has 0 saturated carbocycles. The molecule has 0 aromatic heterocycles. The van der Waals surface area contributed by atoms with Gasteiger partial charge in [0.15, 0.2) is 0 Å². The smallest absolute Gasteiger partial charge is 0.335 e. The monoisotopic (exact) mass is 521 g/mol. The highest BCUT2D eigenvalue weighted by atomic mass is 16.4. The van der Waals surface area contributed by atoms with Crippen molar-refractivity contribution >= 4 is 17.6 Å².